The molecule has 2 aromatic rings. The summed E-state index contributed by atoms with van der Waals surface area (Å²) in [6, 6.07) is 7.44. The Balaban J connectivity index is 1.92. The normalized spacial score (nSPS) is 11.3. The van der Waals surface area contributed by atoms with Gasteiger partial charge in [-0.15, -0.1) is 11.3 Å². The number of amides is 1. The number of alkyl halides is 2. The molecular formula is C14H11F2NO5S2. The highest BCUT2D eigenvalue weighted by Crippen LogP contribution is 2.20. The molecule has 1 aromatic carbocycles. The first-order valence-electron chi connectivity index (χ1n) is 6.43. The number of ether oxygens (including phenoxy) is 1. The van der Waals surface area contributed by atoms with Gasteiger partial charge in [0, 0.05) is 5.69 Å². The van der Waals surface area contributed by atoms with Crippen LogP contribution in [0.25, 0.3) is 0 Å². The highest BCUT2D eigenvalue weighted by molar-refractivity contribution is 7.91. The highest BCUT2D eigenvalue weighted by Gasteiger charge is 2.26. The van der Waals surface area contributed by atoms with Crippen molar-refractivity contribution in [3.8, 4) is 0 Å². The Bertz CT molecular complexity index is 817. The number of halogens is 2. The smallest absolute Gasteiger partial charge is 0.348 e. The Morgan fingerprint density at radius 2 is 1.83 bits per heavy atom. The van der Waals surface area contributed by atoms with Gasteiger partial charge in [-0.05, 0) is 35.7 Å². The molecule has 0 aliphatic rings. The van der Waals surface area contributed by atoms with Gasteiger partial charge < -0.3 is 10.1 Å². The second kappa shape index (κ2) is 7.49. The maximum Gasteiger partial charge on any atom is 0.348 e. The number of rotatable bonds is 6. The standard InChI is InChI=1S/C14H11F2NO5S2/c15-14(16)24(20,21)10-5-3-9(4-6-10)17-12(18)8-22-13(19)11-2-1-7-23-11/h1-7,14H,8H2,(H,17,18). The molecule has 1 amide bonds. The fraction of sp³-hybridized carbons (Fsp3) is 0.143. The number of anilines is 1. The summed E-state index contributed by atoms with van der Waals surface area (Å²) in [5.41, 5.74) is 0.181. The Hall–Kier alpha value is -2.33. The van der Waals surface area contributed by atoms with Crippen LogP contribution in [0.2, 0.25) is 0 Å². The zero-order valence-corrected chi connectivity index (χ0v) is 13.6. The van der Waals surface area contributed by atoms with E-state index in [-0.39, 0.29) is 5.69 Å². The molecule has 128 valence electrons. The van der Waals surface area contributed by atoms with E-state index in [1.54, 1.807) is 17.5 Å². The van der Waals surface area contributed by atoms with Crippen molar-refractivity contribution in [1.29, 1.82) is 0 Å². The number of esters is 1. The van der Waals surface area contributed by atoms with Gasteiger partial charge in [0.1, 0.15) is 4.88 Å². The topological polar surface area (TPSA) is 89.5 Å². The van der Waals surface area contributed by atoms with Gasteiger partial charge in [0.15, 0.2) is 6.61 Å². The second-order valence-corrected chi connectivity index (χ2v) is 7.30. The third-order valence-corrected chi connectivity index (χ3v) is 5.01. The molecule has 0 spiro atoms. The van der Waals surface area contributed by atoms with Crippen LogP contribution in [0.5, 0.6) is 0 Å². The van der Waals surface area contributed by atoms with E-state index in [4.69, 9.17) is 4.74 Å². The molecule has 2 rings (SSSR count). The number of nitrogens with one attached hydrogen (secondary N) is 1. The van der Waals surface area contributed by atoms with E-state index in [1.165, 1.54) is 11.3 Å². The van der Waals surface area contributed by atoms with E-state index < -0.39 is 39.0 Å². The number of sulfone groups is 1. The lowest BCUT2D eigenvalue weighted by Crippen LogP contribution is -2.20. The van der Waals surface area contributed by atoms with Crippen molar-refractivity contribution in [3.05, 3.63) is 46.7 Å². The molecule has 0 saturated heterocycles. The Labute approximate surface area is 140 Å². The molecule has 10 heteroatoms. The van der Waals surface area contributed by atoms with Crippen LogP contribution in [-0.4, -0.2) is 32.7 Å². The van der Waals surface area contributed by atoms with Crippen molar-refractivity contribution in [1.82, 2.24) is 0 Å². The Kier molecular flexibility index (Phi) is 5.62. The van der Waals surface area contributed by atoms with Gasteiger partial charge in [-0.3, -0.25) is 4.79 Å². The van der Waals surface area contributed by atoms with Crippen LogP contribution in [0.1, 0.15) is 9.67 Å². The van der Waals surface area contributed by atoms with E-state index in [9.17, 15) is 26.8 Å². The lowest BCUT2D eigenvalue weighted by molar-refractivity contribution is -0.119. The van der Waals surface area contributed by atoms with Gasteiger partial charge in [-0.2, -0.15) is 8.78 Å². The summed E-state index contributed by atoms with van der Waals surface area (Å²) < 4.78 is 52.1. The van der Waals surface area contributed by atoms with Gasteiger partial charge in [0.25, 0.3) is 5.91 Å². The number of carbonyl (C=O) groups excluding carboxylic acids is 2. The fourth-order valence-corrected chi connectivity index (χ4v) is 2.96. The largest absolute Gasteiger partial charge is 0.451 e. The molecule has 0 atom stereocenters. The van der Waals surface area contributed by atoms with Gasteiger partial charge >= 0.3 is 11.7 Å². The van der Waals surface area contributed by atoms with Crippen molar-refractivity contribution in [2.45, 2.75) is 10.7 Å². The Morgan fingerprint density at radius 1 is 1.17 bits per heavy atom. The van der Waals surface area contributed by atoms with E-state index in [0.717, 1.165) is 24.3 Å². The third kappa shape index (κ3) is 4.36. The number of hydrogen-bond acceptors (Lipinski definition) is 6. The molecule has 0 aliphatic carbocycles. The van der Waals surface area contributed by atoms with Crippen molar-refractivity contribution in [2.24, 2.45) is 0 Å². The SMILES string of the molecule is O=C(COC(=O)c1cccs1)Nc1ccc(S(=O)(=O)C(F)F)cc1. The van der Waals surface area contributed by atoms with Crippen LogP contribution in [0, 0.1) is 0 Å². The van der Waals surface area contributed by atoms with E-state index in [0.29, 0.717) is 4.88 Å². The maximum atomic E-state index is 12.4. The van der Waals surface area contributed by atoms with Crippen molar-refractivity contribution in [2.75, 3.05) is 11.9 Å². The number of carbonyl (C=O) groups is 2. The minimum Gasteiger partial charge on any atom is -0.451 e. The Morgan fingerprint density at radius 3 is 2.38 bits per heavy atom. The summed E-state index contributed by atoms with van der Waals surface area (Å²) in [5.74, 6) is -4.81. The molecule has 0 saturated carbocycles. The van der Waals surface area contributed by atoms with Crippen LogP contribution >= 0.6 is 11.3 Å². The first-order chi connectivity index (χ1) is 11.3. The summed E-state index contributed by atoms with van der Waals surface area (Å²) >= 11 is 1.17. The minimum atomic E-state index is -4.68. The van der Waals surface area contributed by atoms with Crippen LogP contribution in [0.3, 0.4) is 0 Å². The first-order valence-corrected chi connectivity index (χ1v) is 8.86. The lowest BCUT2D eigenvalue weighted by atomic mass is 10.3. The molecule has 1 aromatic heterocycles. The van der Waals surface area contributed by atoms with Crippen LogP contribution < -0.4 is 5.32 Å². The van der Waals surface area contributed by atoms with Crippen molar-refractivity contribution >= 4 is 38.7 Å². The van der Waals surface area contributed by atoms with Crippen LogP contribution in [0.4, 0.5) is 14.5 Å². The van der Waals surface area contributed by atoms with Gasteiger partial charge in [0.2, 0.25) is 9.84 Å². The summed E-state index contributed by atoms with van der Waals surface area (Å²) in [4.78, 5) is 23.0. The first kappa shape index (κ1) is 18.0. The quantitative estimate of drug-likeness (QED) is 0.784. The predicted octanol–water partition coefficient (Wildman–Crippen LogP) is 2.54. The number of thiophene rings is 1. The molecule has 6 nitrogen and oxygen atoms in total. The van der Waals surface area contributed by atoms with Crippen molar-refractivity contribution in [3.63, 3.8) is 0 Å². The summed E-state index contributed by atoms with van der Waals surface area (Å²) in [6.07, 6.45) is 0. The number of hydrogen-bond donors (Lipinski definition) is 1. The average molecular weight is 375 g/mol. The molecule has 0 bridgehead atoms. The van der Waals surface area contributed by atoms with Crippen LogP contribution in [0.15, 0.2) is 46.7 Å². The zero-order valence-electron chi connectivity index (χ0n) is 11.9. The van der Waals surface area contributed by atoms with Crippen molar-refractivity contribution < 1.29 is 31.5 Å². The molecule has 0 unspecified atom stereocenters. The summed E-state index contributed by atoms with van der Waals surface area (Å²) in [7, 11) is -4.68. The molecule has 1 heterocycles. The second-order valence-electron chi connectivity index (χ2n) is 4.43. The fourth-order valence-electron chi connectivity index (χ4n) is 1.62. The molecule has 0 aliphatic heterocycles. The van der Waals surface area contributed by atoms with Crippen LogP contribution in [-0.2, 0) is 19.4 Å². The average Bonchev–Trinajstić information content (AvgIpc) is 3.07. The van der Waals surface area contributed by atoms with Gasteiger partial charge in [-0.1, -0.05) is 6.07 Å². The lowest BCUT2D eigenvalue weighted by Gasteiger charge is -2.07. The monoisotopic (exact) mass is 375 g/mol. The molecule has 24 heavy (non-hydrogen) atoms. The number of benzene rings is 1. The van der Waals surface area contributed by atoms with Gasteiger partial charge in [-0.25, -0.2) is 13.2 Å². The van der Waals surface area contributed by atoms with E-state index in [1.807, 2.05) is 0 Å². The molecule has 1 N–H and O–H groups in total. The molecular weight excluding hydrogens is 364 g/mol. The maximum absolute atomic E-state index is 12.4. The minimum absolute atomic E-state index is 0.181. The van der Waals surface area contributed by atoms with E-state index >= 15 is 0 Å². The van der Waals surface area contributed by atoms with E-state index in [2.05, 4.69) is 5.32 Å². The molecule has 0 fully saturated rings. The third-order valence-electron chi connectivity index (χ3n) is 2.76. The molecule has 0 radical (unpaired) electrons. The summed E-state index contributed by atoms with van der Waals surface area (Å²) in [5, 5.41) is 4.04. The predicted molar refractivity (Wildman–Crippen MR) is 82.9 cm³/mol. The zero-order chi connectivity index (χ0) is 17.7. The van der Waals surface area contributed by atoms with Gasteiger partial charge in [0.05, 0.1) is 4.90 Å². The summed E-state index contributed by atoms with van der Waals surface area (Å²) in [6.45, 7) is -0.534. The highest BCUT2D eigenvalue weighted by atomic mass is 32.2.